The Morgan fingerprint density at radius 3 is 2.75 bits per heavy atom. The Labute approximate surface area is 122 Å². The van der Waals surface area contributed by atoms with Gasteiger partial charge in [0.2, 0.25) is 0 Å². The lowest BCUT2D eigenvalue weighted by atomic mass is 9.87. The van der Waals surface area contributed by atoms with E-state index < -0.39 is 0 Å². The molecule has 1 amide bonds. The molecular weight excluding hydrogens is 270 g/mol. The molecule has 3 nitrogen and oxygen atoms in total. The highest BCUT2D eigenvalue weighted by Gasteiger charge is 2.20. The van der Waals surface area contributed by atoms with Crippen molar-refractivity contribution in [3.05, 3.63) is 35.2 Å². The standard InChI is InChI=1S/C16H19NO2S/c18-13-7-5-11(6-8-13)10-17-16(19)15-9-12-3-1-2-4-14(12)20-15/h1-4,9,11,13,18H,5-8,10H2,(H,17,19). The highest BCUT2D eigenvalue weighted by molar-refractivity contribution is 7.20. The molecule has 2 aromatic rings. The van der Waals surface area contributed by atoms with Gasteiger partial charge in [-0.1, -0.05) is 18.2 Å². The Kier molecular flexibility index (Phi) is 4.03. The molecule has 1 fully saturated rings. The monoisotopic (exact) mass is 289 g/mol. The SMILES string of the molecule is O=C(NCC1CCC(O)CC1)c1cc2ccccc2s1. The molecule has 1 aromatic carbocycles. The Balaban J connectivity index is 1.59. The zero-order chi connectivity index (χ0) is 13.9. The van der Waals surface area contributed by atoms with Gasteiger partial charge in [0.15, 0.2) is 0 Å². The van der Waals surface area contributed by atoms with E-state index in [1.165, 1.54) is 0 Å². The zero-order valence-corrected chi connectivity index (χ0v) is 12.2. The van der Waals surface area contributed by atoms with Crippen molar-refractivity contribution in [2.45, 2.75) is 31.8 Å². The molecule has 0 unspecified atom stereocenters. The quantitative estimate of drug-likeness (QED) is 0.911. The first kappa shape index (κ1) is 13.6. The van der Waals surface area contributed by atoms with Crippen LogP contribution in [0.2, 0.25) is 0 Å². The van der Waals surface area contributed by atoms with Gasteiger partial charge >= 0.3 is 0 Å². The summed E-state index contributed by atoms with van der Waals surface area (Å²) in [5.74, 6) is 0.536. The van der Waals surface area contributed by atoms with Crippen LogP contribution in [0.15, 0.2) is 30.3 Å². The van der Waals surface area contributed by atoms with Crippen LogP contribution in [0.4, 0.5) is 0 Å². The molecule has 0 radical (unpaired) electrons. The van der Waals surface area contributed by atoms with Crippen LogP contribution in [0.3, 0.4) is 0 Å². The average molecular weight is 289 g/mol. The molecule has 3 rings (SSSR count). The van der Waals surface area contributed by atoms with Crippen molar-refractivity contribution >= 4 is 27.3 Å². The molecule has 0 bridgehead atoms. The third-order valence-electron chi connectivity index (χ3n) is 4.02. The zero-order valence-electron chi connectivity index (χ0n) is 11.3. The van der Waals surface area contributed by atoms with Crippen molar-refractivity contribution < 1.29 is 9.90 Å². The van der Waals surface area contributed by atoms with Gasteiger partial charge in [-0.05, 0) is 49.1 Å². The van der Waals surface area contributed by atoms with Crippen molar-refractivity contribution in [2.75, 3.05) is 6.54 Å². The summed E-state index contributed by atoms with van der Waals surface area (Å²) in [6, 6.07) is 10.0. The van der Waals surface area contributed by atoms with Crippen molar-refractivity contribution in [1.29, 1.82) is 0 Å². The fourth-order valence-corrected chi connectivity index (χ4v) is 3.75. The number of carbonyl (C=O) groups is 1. The third kappa shape index (κ3) is 3.02. The maximum atomic E-state index is 12.2. The lowest BCUT2D eigenvalue weighted by Gasteiger charge is -2.25. The summed E-state index contributed by atoms with van der Waals surface area (Å²) < 4.78 is 1.15. The largest absolute Gasteiger partial charge is 0.393 e. The van der Waals surface area contributed by atoms with Crippen LogP contribution in [-0.4, -0.2) is 23.7 Å². The minimum absolute atomic E-state index is 0.0253. The normalized spacial score (nSPS) is 22.9. The molecule has 0 atom stereocenters. The third-order valence-corrected chi connectivity index (χ3v) is 5.13. The van der Waals surface area contributed by atoms with E-state index in [9.17, 15) is 9.90 Å². The van der Waals surface area contributed by atoms with Gasteiger partial charge < -0.3 is 10.4 Å². The first-order valence-electron chi connectivity index (χ1n) is 7.17. The lowest BCUT2D eigenvalue weighted by molar-refractivity contribution is 0.0914. The summed E-state index contributed by atoms with van der Waals surface area (Å²) in [5.41, 5.74) is 0. The minimum atomic E-state index is -0.135. The van der Waals surface area contributed by atoms with Gasteiger partial charge in [-0.2, -0.15) is 0 Å². The minimum Gasteiger partial charge on any atom is -0.393 e. The fraction of sp³-hybridized carbons (Fsp3) is 0.438. The van der Waals surface area contributed by atoms with Crippen molar-refractivity contribution in [2.24, 2.45) is 5.92 Å². The van der Waals surface area contributed by atoms with E-state index in [4.69, 9.17) is 0 Å². The second-order valence-corrected chi connectivity index (χ2v) is 6.62. The van der Waals surface area contributed by atoms with Crippen LogP contribution < -0.4 is 5.32 Å². The number of nitrogens with one attached hydrogen (secondary N) is 1. The second kappa shape index (κ2) is 5.94. The number of rotatable bonds is 3. The Morgan fingerprint density at radius 2 is 2.00 bits per heavy atom. The Hall–Kier alpha value is -1.39. The topological polar surface area (TPSA) is 49.3 Å². The molecule has 1 aliphatic carbocycles. The first-order valence-corrected chi connectivity index (χ1v) is 7.99. The molecule has 1 aromatic heterocycles. The summed E-state index contributed by atoms with van der Waals surface area (Å²) in [7, 11) is 0. The van der Waals surface area contributed by atoms with Gasteiger partial charge in [-0.25, -0.2) is 0 Å². The first-order chi connectivity index (χ1) is 9.72. The van der Waals surface area contributed by atoms with Crippen LogP contribution in [0.25, 0.3) is 10.1 Å². The van der Waals surface area contributed by atoms with Crippen LogP contribution in [-0.2, 0) is 0 Å². The molecule has 2 N–H and O–H groups in total. The molecule has 1 saturated carbocycles. The van der Waals surface area contributed by atoms with Crippen LogP contribution in [0, 0.1) is 5.92 Å². The number of carbonyl (C=O) groups excluding carboxylic acids is 1. The number of hydrogen-bond donors (Lipinski definition) is 2. The second-order valence-electron chi connectivity index (χ2n) is 5.53. The van der Waals surface area contributed by atoms with E-state index in [1.54, 1.807) is 11.3 Å². The number of hydrogen-bond acceptors (Lipinski definition) is 3. The van der Waals surface area contributed by atoms with E-state index in [2.05, 4.69) is 5.32 Å². The van der Waals surface area contributed by atoms with E-state index in [-0.39, 0.29) is 12.0 Å². The summed E-state index contributed by atoms with van der Waals surface area (Å²) in [5, 5.41) is 13.6. The van der Waals surface area contributed by atoms with Crippen molar-refractivity contribution in [3.63, 3.8) is 0 Å². The highest BCUT2D eigenvalue weighted by atomic mass is 32.1. The fourth-order valence-electron chi connectivity index (χ4n) is 2.77. The van der Waals surface area contributed by atoms with Gasteiger partial charge in [-0.3, -0.25) is 4.79 Å². The van der Waals surface area contributed by atoms with E-state index in [1.807, 2.05) is 30.3 Å². The van der Waals surface area contributed by atoms with E-state index in [0.29, 0.717) is 5.92 Å². The predicted octanol–water partition coefficient (Wildman–Crippen LogP) is 3.18. The highest BCUT2D eigenvalue weighted by Crippen LogP contribution is 2.26. The molecule has 1 heterocycles. The van der Waals surface area contributed by atoms with Gasteiger partial charge in [0.05, 0.1) is 11.0 Å². The molecule has 0 saturated heterocycles. The lowest BCUT2D eigenvalue weighted by Crippen LogP contribution is -2.31. The maximum absolute atomic E-state index is 12.2. The van der Waals surface area contributed by atoms with E-state index >= 15 is 0 Å². The molecule has 20 heavy (non-hydrogen) atoms. The average Bonchev–Trinajstić information content (AvgIpc) is 2.90. The summed E-state index contributed by atoms with van der Waals surface area (Å²) in [6.45, 7) is 0.722. The Bertz CT molecular complexity index is 566. The molecule has 106 valence electrons. The number of aliphatic hydroxyl groups is 1. The molecule has 0 spiro atoms. The predicted molar refractivity (Wildman–Crippen MR) is 82.1 cm³/mol. The van der Waals surface area contributed by atoms with Crippen molar-refractivity contribution in [1.82, 2.24) is 5.32 Å². The molecular formula is C16H19NO2S. The summed E-state index contributed by atoms with van der Waals surface area (Å²) >= 11 is 1.54. The maximum Gasteiger partial charge on any atom is 0.261 e. The number of amides is 1. The van der Waals surface area contributed by atoms with Gasteiger partial charge in [0.1, 0.15) is 0 Å². The molecule has 4 heteroatoms. The van der Waals surface area contributed by atoms with Crippen LogP contribution >= 0.6 is 11.3 Å². The number of benzene rings is 1. The molecule has 1 aliphatic rings. The summed E-state index contributed by atoms with van der Waals surface area (Å²) in [6.07, 6.45) is 3.61. The van der Waals surface area contributed by atoms with Crippen molar-refractivity contribution in [3.8, 4) is 0 Å². The van der Waals surface area contributed by atoms with E-state index in [0.717, 1.165) is 47.2 Å². The van der Waals surface area contributed by atoms with Crippen LogP contribution in [0.5, 0.6) is 0 Å². The number of fused-ring (bicyclic) bond motifs is 1. The molecule has 0 aliphatic heterocycles. The number of thiophene rings is 1. The number of aliphatic hydroxyl groups excluding tert-OH is 1. The van der Waals surface area contributed by atoms with Gasteiger partial charge in [0.25, 0.3) is 5.91 Å². The smallest absolute Gasteiger partial charge is 0.261 e. The van der Waals surface area contributed by atoms with Gasteiger partial charge in [-0.15, -0.1) is 11.3 Å². The Morgan fingerprint density at radius 1 is 1.25 bits per heavy atom. The van der Waals surface area contributed by atoms with Crippen LogP contribution in [0.1, 0.15) is 35.4 Å². The summed E-state index contributed by atoms with van der Waals surface area (Å²) in [4.78, 5) is 13.0. The van der Waals surface area contributed by atoms with Gasteiger partial charge in [0, 0.05) is 11.2 Å².